The highest BCUT2D eigenvalue weighted by atomic mass is 16.7. The molecule has 1 aromatic carbocycles. The molecule has 0 aromatic heterocycles. The Hall–Kier alpha value is -1.95. The second-order valence-corrected chi connectivity index (χ2v) is 4.15. The molecule has 0 amide bonds. The minimum atomic E-state index is -0.475. The van der Waals surface area contributed by atoms with Gasteiger partial charge in [0.15, 0.2) is 17.8 Å². The number of fused-ring (bicyclic) bond motifs is 1. The first-order valence-corrected chi connectivity index (χ1v) is 6.41. The summed E-state index contributed by atoms with van der Waals surface area (Å²) in [5.74, 6) is 0.777. The van der Waals surface area contributed by atoms with Crippen molar-refractivity contribution in [3.63, 3.8) is 0 Å². The van der Waals surface area contributed by atoms with Crippen LogP contribution >= 0.6 is 0 Å². The molecule has 6 nitrogen and oxygen atoms in total. The predicted molar refractivity (Wildman–Crippen MR) is 70.5 cm³/mol. The molecule has 0 spiro atoms. The van der Waals surface area contributed by atoms with E-state index < -0.39 is 5.97 Å². The molecule has 1 aliphatic heterocycles. The van der Waals surface area contributed by atoms with Gasteiger partial charge in [-0.3, -0.25) is 0 Å². The van der Waals surface area contributed by atoms with Gasteiger partial charge in [0, 0.05) is 13.5 Å². The van der Waals surface area contributed by atoms with E-state index in [4.69, 9.17) is 23.7 Å². The van der Waals surface area contributed by atoms with E-state index in [1.165, 1.54) is 7.11 Å². The molecule has 20 heavy (non-hydrogen) atoms. The summed E-state index contributed by atoms with van der Waals surface area (Å²) in [6.07, 6.45) is 0.304. The molecular weight excluding hydrogens is 264 g/mol. The number of rotatable bonds is 5. The van der Waals surface area contributed by atoms with Crippen LogP contribution in [-0.4, -0.2) is 39.7 Å². The molecule has 1 unspecified atom stereocenters. The Balaban J connectivity index is 2.37. The van der Waals surface area contributed by atoms with Crippen molar-refractivity contribution in [2.75, 3.05) is 27.4 Å². The van der Waals surface area contributed by atoms with E-state index in [1.807, 2.05) is 6.92 Å². The average molecular weight is 282 g/mol. The van der Waals surface area contributed by atoms with Crippen molar-refractivity contribution >= 4 is 5.97 Å². The standard InChI is InChI=1S/C14H18O6/c1-4-11(16-2)20-10-6-5-9(14(15)17-3)12-13(10)19-8-7-18-12/h5-6,11H,4,7-8H2,1-3H3. The zero-order valence-corrected chi connectivity index (χ0v) is 11.8. The van der Waals surface area contributed by atoms with Crippen molar-refractivity contribution < 1.29 is 28.5 Å². The van der Waals surface area contributed by atoms with Gasteiger partial charge >= 0.3 is 5.97 Å². The van der Waals surface area contributed by atoms with Gasteiger partial charge in [0.1, 0.15) is 18.8 Å². The van der Waals surface area contributed by atoms with Gasteiger partial charge in [0.25, 0.3) is 0 Å². The maximum absolute atomic E-state index is 11.7. The first-order chi connectivity index (χ1) is 9.71. The summed E-state index contributed by atoms with van der Waals surface area (Å²) in [6, 6.07) is 3.25. The maximum atomic E-state index is 11.7. The zero-order valence-electron chi connectivity index (χ0n) is 11.8. The predicted octanol–water partition coefficient (Wildman–Crippen LogP) is 2.01. The lowest BCUT2D eigenvalue weighted by atomic mass is 10.1. The van der Waals surface area contributed by atoms with Crippen LogP contribution in [0.3, 0.4) is 0 Å². The highest BCUT2D eigenvalue weighted by Gasteiger charge is 2.26. The quantitative estimate of drug-likeness (QED) is 0.608. The molecule has 0 saturated heterocycles. The summed E-state index contributed by atoms with van der Waals surface area (Å²) in [5, 5.41) is 0. The fourth-order valence-electron chi connectivity index (χ4n) is 1.92. The highest BCUT2D eigenvalue weighted by Crippen LogP contribution is 2.42. The van der Waals surface area contributed by atoms with Crippen molar-refractivity contribution in [3.05, 3.63) is 17.7 Å². The maximum Gasteiger partial charge on any atom is 0.341 e. The number of carbonyl (C=O) groups excluding carboxylic acids is 1. The van der Waals surface area contributed by atoms with Crippen LogP contribution in [0.15, 0.2) is 12.1 Å². The molecule has 0 fully saturated rings. The van der Waals surface area contributed by atoms with Gasteiger partial charge in [0.05, 0.1) is 7.11 Å². The fourth-order valence-corrected chi connectivity index (χ4v) is 1.92. The second-order valence-electron chi connectivity index (χ2n) is 4.15. The molecule has 1 atom stereocenters. The molecule has 0 radical (unpaired) electrons. The Bertz CT molecular complexity index is 481. The van der Waals surface area contributed by atoms with E-state index in [9.17, 15) is 4.79 Å². The SMILES string of the molecule is CCC(OC)Oc1ccc(C(=O)OC)c2c1OCCO2. The van der Waals surface area contributed by atoms with Crippen molar-refractivity contribution in [1.82, 2.24) is 0 Å². The number of ether oxygens (including phenoxy) is 5. The summed E-state index contributed by atoms with van der Waals surface area (Å²) >= 11 is 0. The van der Waals surface area contributed by atoms with Crippen molar-refractivity contribution in [1.29, 1.82) is 0 Å². The van der Waals surface area contributed by atoms with Crippen LogP contribution in [0, 0.1) is 0 Å². The van der Waals surface area contributed by atoms with Crippen LogP contribution in [0.2, 0.25) is 0 Å². The fraction of sp³-hybridized carbons (Fsp3) is 0.500. The molecule has 1 heterocycles. The van der Waals surface area contributed by atoms with Gasteiger partial charge in [-0.25, -0.2) is 4.79 Å². The molecule has 2 rings (SSSR count). The Morgan fingerprint density at radius 1 is 1.25 bits per heavy atom. The molecule has 1 aliphatic rings. The van der Waals surface area contributed by atoms with Crippen molar-refractivity contribution in [2.24, 2.45) is 0 Å². The van der Waals surface area contributed by atoms with Gasteiger partial charge in [-0.15, -0.1) is 0 Å². The van der Waals surface area contributed by atoms with E-state index in [1.54, 1.807) is 19.2 Å². The number of esters is 1. The van der Waals surface area contributed by atoms with Gasteiger partial charge in [-0.2, -0.15) is 0 Å². The van der Waals surface area contributed by atoms with E-state index in [0.29, 0.717) is 42.4 Å². The molecular formula is C14H18O6. The molecule has 0 bridgehead atoms. The Labute approximate surface area is 117 Å². The lowest BCUT2D eigenvalue weighted by Gasteiger charge is -2.24. The highest BCUT2D eigenvalue weighted by molar-refractivity contribution is 5.94. The van der Waals surface area contributed by atoms with E-state index in [0.717, 1.165) is 0 Å². The molecule has 1 aromatic rings. The van der Waals surface area contributed by atoms with Crippen LogP contribution in [0.5, 0.6) is 17.2 Å². The van der Waals surface area contributed by atoms with Crippen LogP contribution in [0.1, 0.15) is 23.7 Å². The average Bonchev–Trinajstić information content (AvgIpc) is 2.51. The topological polar surface area (TPSA) is 63.2 Å². The van der Waals surface area contributed by atoms with Crippen molar-refractivity contribution in [2.45, 2.75) is 19.6 Å². The number of hydrogen-bond acceptors (Lipinski definition) is 6. The first kappa shape index (κ1) is 14.5. The monoisotopic (exact) mass is 282 g/mol. The van der Waals surface area contributed by atoms with Crippen LogP contribution in [0.4, 0.5) is 0 Å². The molecule has 0 aliphatic carbocycles. The van der Waals surface area contributed by atoms with E-state index in [-0.39, 0.29) is 6.29 Å². The van der Waals surface area contributed by atoms with Gasteiger partial charge in [-0.1, -0.05) is 6.92 Å². The Morgan fingerprint density at radius 2 is 1.95 bits per heavy atom. The van der Waals surface area contributed by atoms with Gasteiger partial charge in [0.2, 0.25) is 5.75 Å². The summed E-state index contributed by atoms with van der Waals surface area (Å²) in [4.78, 5) is 11.7. The normalized spacial score (nSPS) is 14.6. The number of carbonyl (C=O) groups is 1. The van der Waals surface area contributed by atoms with Crippen LogP contribution in [-0.2, 0) is 9.47 Å². The lowest BCUT2D eigenvalue weighted by molar-refractivity contribution is -0.0568. The minimum absolute atomic E-state index is 0.319. The largest absolute Gasteiger partial charge is 0.485 e. The number of hydrogen-bond donors (Lipinski definition) is 0. The molecule has 0 N–H and O–H groups in total. The third-order valence-electron chi connectivity index (χ3n) is 2.91. The smallest absolute Gasteiger partial charge is 0.341 e. The minimum Gasteiger partial charge on any atom is -0.485 e. The van der Waals surface area contributed by atoms with Crippen molar-refractivity contribution in [3.8, 4) is 17.2 Å². The first-order valence-electron chi connectivity index (χ1n) is 6.41. The summed E-state index contributed by atoms with van der Waals surface area (Å²) in [5.41, 5.74) is 0.319. The van der Waals surface area contributed by atoms with E-state index >= 15 is 0 Å². The van der Waals surface area contributed by atoms with Gasteiger partial charge < -0.3 is 23.7 Å². The van der Waals surface area contributed by atoms with Crippen LogP contribution in [0.25, 0.3) is 0 Å². The summed E-state index contributed by atoms with van der Waals surface area (Å²) in [6.45, 7) is 2.72. The van der Waals surface area contributed by atoms with Crippen LogP contribution < -0.4 is 14.2 Å². The molecule has 110 valence electrons. The third-order valence-corrected chi connectivity index (χ3v) is 2.91. The van der Waals surface area contributed by atoms with Gasteiger partial charge in [-0.05, 0) is 12.1 Å². The number of methoxy groups -OCH3 is 2. The lowest BCUT2D eigenvalue weighted by Crippen LogP contribution is -2.22. The third kappa shape index (κ3) is 2.80. The van der Waals surface area contributed by atoms with E-state index in [2.05, 4.69) is 0 Å². The molecule has 6 heteroatoms. The summed E-state index contributed by atoms with van der Waals surface area (Å²) < 4.78 is 26.7. The summed E-state index contributed by atoms with van der Waals surface area (Å²) in [7, 11) is 2.89. The Morgan fingerprint density at radius 3 is 2.55 bits per heavy atom. The molecule has 0 saturated carbocycles. The zero-order chi connectivity index (χ0) is 14.5. The number of benzene rings is 1. The Kier molecular flexibility index (Phi) is 4.68. The second kappa shape index (κ2) is 6.47.